The molecule has 0 fully saturated rings. The minimum Gasteiger partial charge on any atom is -0.325 e. The lowest BCUT2D eigenvalue weighted by molar-refractivity contribution is -0.116. The number of hydrogen-bond donors (Lipinski definition) is 1. The van der Waals surface area contributed by atoms with Crippen LogP contribution in [0.25, 0.3) is 0 Å². The number of carbonyl (C=O) groups excluding carboxylic acids is 1. The monoisotopic (exact) mass is 494 g/mol. The molecule has 32 heavy (non-hydrogen) atoms. The summed E-state index contributed by atoms with van der Waals surface area (Å²) in [7, 11) is -4.13. The van der Waals surface area contributed by atoms with Gasteiger partial charge in [-0.2, -0.15) is 4.31 Å². The molecule has 1 N–H and O–H groups in total. The van der Waals surface area contributed by atoms with E-state index in [-0.39, 0.29) is 15.5 Å². The molecule has 0 atom stereocenters. The second-order valence-electron chi connectivity index (χ2n) is 7.30. The van der Waals surface area contributed by atoms with Crippen LogP contribution in [0.4, 0.5) is 10.1 Å². The van der Waals surface area contributed by atoms with Crippen molar-refractivity contribution in [3.63, 3.8) is 0 Å². The zero-order valence-electron chi connectivity index (χ0n) is 17.4. The molecule has 0 saturated heterocycles. The zero-order chi connectivity index (χ0) is 23.5. The van der Waals surface area contributed by atoms with E-state index < -0.39 is 34.8 Å². The molecule has 0 saturated carbocycles. The standard InChI is InChI=1S/C23H21Cl2FN2O3S/c1-15-6-10-18(11-7-15)32(30,31)28(13-19-20(24)4-3-5-22(19)26)14-23(29)27-17-9-8-16(2)21(25)12-17/h3-12H,13-14H2,1-2H3,(H,27,29). The first-order valence-corrected chi connectivity index (χ1v) is 11.8. The number of nitrogens with zero attached hydrogens (tertiary/aromatic N) is 1. The summed E-state index contributed by atoms with van der Waals surface area (Å²) in [6, 6.07) is 15.2. The van der Waals surface area contributed by atoms with Gasteiger partial charge in [-0.05, 0) is 55.8 Å². The first-order chi connectivity index (χ1) is 15.1. The molecule has 0 unspecified atom stereocenters. The predicted molar refractivity (Wildman–Crippen MR) is 125 cm³/mol. The van der Waals surface area contributed by atoms with E-state index in [4.69, 9.17) is 23.2 Å². The Bertz CT molecular complexity index is 1230. The van der Waals surface area contributed by atoms with Crippen LogP contribution in [0.15, 0.2) is 65.6 Å². The topological polar surface area (TPSA) is 66.5 Å². The largest absolute Gasteiger partial charge is 0.325 e. The first kappa shape index (κ1) is 24.2. The lowest BCUT2D eigenvalue weighted by Crippen LogP contribution is -2.38. The summed E-state index contributed by atoms with van der Waals surface area (Å²) < 4.78 is 41.9. The van der Waals surface area contributed by atoms with E-state index in [0.29, 0.717) is 10.7 Å². The minimum atomic E-state index is -4.13. The van der Waals surface area contributed by atoms with Crippen LogP contribution in [-0.2, 0) is 21.4 Å². The number of carbonyl (C=O) groups is 1. The molecule has 0 bridgehead atoms. The van der Waals surface area contributed by atoms with E-state index in [9.17, 15) is 17.6 Å². The van der Waals surface area contributed by atoms with E-state index in [1.807, 2.05) is 13.8 Å². The third-order valence-electron chi connectivity index (χ3n) is 4.83. The van der Waals surface area contributed by atoms with E-state index >= 15 is 0 Å². The van der Waals surface area contributed by atoms with E-state index in [0.717, 1.165) is 15.4 Å². The van der Waals surface area contributed by atoms with Crippen molar-refractivity contribution in [3.05, 3.63) is 93.2 Å². The lowest BCUT2D eigenvalue weighted by atomic mass is 10.2. The molecule has 0 spiro atoms. The van der Waals surface area contributed by atoms with Crippen LogP contribution < -0.4 is 5.32 Å². The summed E-state index contributed by atoms with van der Waals surface area (Å²) in [5, 5.41) is 3.16. The van der Waals surface area contributed by atoms with Crippen LogP contribution in [0.3, 0.4) is 0 Å². The summed E-state index contributed by atoms with van der Waals surface area (Å²) in [5.74, 6) is -1.26. The highest BCUT2D eigenvalue weighted by molar-refractivity contribution is 7.89. The van der Waals surface area contributed by atoms with Crippen LogP contribution in [0.5, 0.6) is 0 Å². The predicted octanol–water partition coefficient (Wildman–Crippen LogP) is 5.58. The summed E-state index contributed by atoms with van der Waals surface area (Å²) in [6.07, 6.45) is 0. The van der Waals surface area contributed by atoms with Gasteiger partial charge in [0.25, 0.3) is 0 Å². The number of hydrogen-bond acceptors (Lipinski definition) is 3. The number of anilines is 1. The fourth-order valence-corrected chi connectivity index (χ4v) is 4.74. The van der Waals surface area contributed by atoms with Crippen LogP contribution >= 0.6 is 23.2 Å². The molecular weight excluding hydrogens is 474 g/mol. The number of rotatable bonds is 7. The normalized spacial score (nSPS) is 11.6. The Kier molecular flexibility index (Phi) is 7.56. The second-order valence-corrected chi connectivity index (χ2v) is 10.1. The Morgan fingerprint density at radius 2 is 1.69 bits per heavy atom. The number of benzene rings is 3. The average molecular weight is 495 g/mol. The van der Waals surface area contributed by atoms with Gasteiger partial charge in [-0.15, -0.1) is 0 Å². The van der Waals surface area contributed by atoms with Gasteiger partial charge in [0.05, 0.1) is 11.4 Å². The Labute approximate surface area is 196 Å². The number of halogens is 3. The summed E-state index contributed by atoms with van der Waals surface area (Å²) in [4.78, 5) is 12.7. The third-order valence-corrected chi connectivity index (χ3v) is 7.40. The van der Waals surface area contributed by atoms with Crippen LogP contribution in [0.1, 0.15) is 16.7 Å². The van der Waals surface area contributed by atoms with Crippen molar-refractivity contribution in [2.24, 2.45) is 0 Å². The van der Waals surface area contributed by atoms with Crippen LogP contribution in [-0.4, -0.2) is 25.2 Å². The van der Waals surface area contributed by atoms with Crippen molar-refractivity contribution in [1.82, 2.24) is 4.31 Å². The number of nitrogens with one attached hydrogen (secondary N) is 1. The lowest BCUT2D eigenvalue weighted by Gasteiger charge is -2.23. The molecule has 3 aromatic carbocycles. The summed E-state index contributed by atoms with van der Waals surface area (Å²) >= 11 is 12.2. The van der Waals surface area contributed by atoms with Gasteiger partial charge in [0, 0.05) is 27.8 Å². The van der Waals surface area contributed by atoms with Gasteiger partial charge in [0.15, 0.2) is 0 Å². The van der Waals surface area contributed by atoms with Gasteiger partial charge < -0.3 is 5.32 Å². The number of sulfonamides is 1. The highest BCUT2D eigenvalue weighted by Gasteiger charge is 2.28. The molecule has 0 aliphatic carbocycles. The van der Waals surface area contributed by atoms with Gasteiger partial charge in [0.2, 0.25) is 15.9 Å². The summed E-state index contributed by atoms with van der Waals surface area (Å²) in [6.45, 7) is 2.69. The Hall–Kier alpha value is -2.45. The zero-order valence-corrected chi connectivity index (χ0v) is 19.7. The molecule has 9 heteroatoms. The quantitative estimate of drug-likeness (QED) is 0.466. The fourth-order valence-electron chi connectivity index (χ4n) is 2.98. The van der Waals surface area contributed by atoms with Gasteiger partial charge >= 0.3 is 0 Å². The number of amides is 1. The SMILES string of the molecule is Cc1ccc(S(=O)(=O)N(CC(=O)Nc2ccc(C)c(Cl)c2)Cc2c(F)cccc2Cl)cc1. The third kappa shape index (κ3) is 5.66. The number of aryl methyl sites for hydroxylation is 2. The van der Waals surface area contributed by atoms with Crippen molar-refractivity contribution in [3.8, 4) is 0 Å². The van der Waals surface area contributed by atoms with Gasteiger partial charge in [-0.1, -0.05) is 53.0 Å². The maximum Gasteiger partial charge on any atom is 0.243 e. The average Bonchev–Trinajstić information content (AvgIpc) is 2.73. The molecule has 1 amide bonds. The van der Waals surface area contributed by atoms with Crippen molar-refractivity contribution >= 4 is 44.8 Å². The van der Waals surface area contributed by atoms with Crippen molar-refractivity contribution in [1.29, 1.82) is 0 Å². The fraction of sp³-hybridized carbons (Fsp3) is 0.174. The molecule has 168 valence electrons. The Morgan fingerprint density at radius 1 is 1.00 bits per heavy atom. The van der Waals surface area contributed by atoms with Crippen molar-refractivity contribution in [2.75, 3.05) is 11.9 Å². The molecule has 3 aromatic rings. The van der Waals surface area contributed by atoms with E-state index in [1.54, 1.807) is 30.3 Å². The van der Waals surface area contributed by atoms with Crippen molar-refractivity contribution < 1.29 is 17.6 Å². The van der Waals surface area contributed by atoms with E-state index in [1.165, 1.54) is 30.3 Å². The van der Waals surface area contributed by atoms with Crippen LogP contribution in [0, 0.1) is 19.7 Å². The van der Waals surface area contributed by atoms with Crippen LogP contribution in [0.2, 0.25) is 10.0 Å². The van der Waals surface area contributed by atoms with Gasteiger partial charge in [-0.3, -0.25) is 4.79 Å². The first-order valence-electron chi connectivity index (χ1n) is 9.63. The van der Waals surface area contributed by atoms with E-state index in [2.05, 4.69) is 5.32 Å². The molecule has 0 aliphatic heterocycles. The Balaban J connectivity index is 1.93. The smallest absolute Gasteiger partial charge is 0.243 e. The molecule has 5 nitrogen and oxygen atoms in total. The molecule has 0 radical (unpaired) electrons. The molecule has 3 rings (SSSR count). The van der Waals surface area contributed by atoms with Crippen molar-refractivity contribution in [2.45, 2.75) is 25.3 Å². The maximum absolute atomic E-state index is 14.4. The highest BCUT2D eigenvalue weighted by atomic mass is 35.5. The van der Waals surface area contributed by atoms with Gasteiger partial charge in [0.1, 0.15) is 5.82 Å². The molecule has 0 heterocycles. The minimum absolute atomic E-state index is 0.0123. The molecular formula is C23H21Cl2FN2O3S. The Morgan fingerprint density at radius 3 is 2.31 bits per heavy atom. The second kappa shape index (κ2) is 10.0. The maximum atomic E-state index is 14.4. The summed E-state index contributed by atoms with van der Waals surface area (Å²) in [5.41, 5.74) is 2.11. The molecule has 0 aliphatic rings. The molecule has 0 aromatic heterocycles. The van der Waals surface area contributed by atoms with Gasteiger partial charge in [-0.25, -0.2) is 12.8 Å². The highest BCUT2D eigenvalue weighted by Crippen LogP contribution is 2.25.